The van der Waals surface area contributed by atoms with Crippen LogP contribution in [-0.2, 0) is 16.7 Å². The number of amides is 2. The number of nitrogens with one attached hydrogen (secondary N) is 1. The van der Waals surface area contributed by atoms with E-state index < -0.39 is 10.1 Å². The number of hydrogen-bond donors (Lipinski definition) is 1. The molecule has 0 bridgehead atoms. The number of benzene rings is 3. The first-order valence-electron chi connectivity index (χ1n) is 11.4. The lowest BCUT2D eigenvalue weighted by atomic mass is 10.1. The first-order valence-corrected chi connectivity index (χ1v) is 13.5. The summed E-state index contributed by atoms with van der Waals surface area (Å²) in [6.07, 6.45) is 0.699. The number of methoxy groups -OCH3 is 2. The molecule has 198 valence electrons. The summed E-state index contributed by atoms with van der Waals surface area (Å²) in [4.78, 5) is 14.7. The average molecular weight is 567 g/mol. The standard InChI is InChI=1S/C26H28Cl2N2O6S/c1-5-17(2)30(26(31)29-22-8-6-7-9-23(22)34-3)16-18-10-13-24(35-4)25(14-18)36-37(32,33)19-11-12-20(27)21(28)15-19/h6-15,17H,5,16H2,1-4H3,(H,29,31)/t17-/m0/s1. The molecule has 0 aliphatic carbocycles. The Bertz CT molecular complexity index is 1370. The topological polar surface area (TPSA) is 94.2 Å². The fraction of sp³-hybridized carbons (Fsp3) is 0.269. The van der Waals surface area contributed by atoms with Crippen LogP contribution in [0.15, 0.2) is 65.6 Å². The van der Waals surface area contributed by atoms with Gasteiger partial charge in [-0.15, -0.1) is 0 Å². The van der Waals surface area contributed by atoms with Crippen LogP contribution >= 0.6 is 23.2 Å². The van der Waals surface area contributed by atoms with Gasteiger partial charge in [-0.3, -0.25) is 0 Å². The average Bonchev–Trinajstić information content (AvgIpc) is 2.88. The summed E-state index contributed by atoms with van der Waals surface area (Å²) in [6, 6.07) is 15.4. The van der Waals surface area contributed by atoms with Gasteiger partial charge in [0.2, 0.25) is 0 Å². The Labute approximate surface area is 227 Å². The number of nitrogens with zero attached hydrogens (tertiary/aromatic N) is 1. The van der Waals surface area contributed by atoms with Gasteiger partial charge in [-0.05, 0) is 61.4 Å². The predicted octanol–water partition coefficient (Wildman–Crippen LogP) is 6.61. The number of anilines is 1. The summed E-state index contributed by atoms with van der Waals surface area (Å²) in [5, 5.41) is 3.19. The maximum Gasteiger partial charge on any atom is 0.339 e. The summed E-state index contributed by atoms with van der Waals surface area (Å²) >= 11 is 11.9. The predicted molar refractivity (Wildman–Crippen MR) is 145 cm³/mol. The Morgan fingerprint density at radius 1 is 0.946 bits per heavy atom. The molecule has 0 aromatic heterocycles. The number of para-hydroxylation sites is 2. The fourth-order valence-corrected chi connectivity index (χ4v) is 4.79. The largest absolute Gasteiger partial charge is 0.495 e. The molecular weight excluding hydrogens is 539 g/mol. The van der Waals surface area contributed by atoms with Crippen molar-refractivity contribution < 1.29 is 26.9 Å². The number of rotatable bonds is 10. The lowest BCUT2D eigenvalue weighted by Crippen LogP contribution is -2.40. The van der Waals surface area contributed by atoms with Crippen LogP contribution in [-0.4, -0.2) is 39.6 Å². The maximum absolute atomic E-state index is 13.3. The van der Waals surface area contributed by atoms with Crippen molar-refractivity contribution >= 4 is 45.0 Å². The van der Waals surface area contributed by atoms with Crippen molar-refractivity contribution in [3.05, 3.63) is 76.3 Å². The van der Waals surface area contributed by atoms with Crippen molar-refractivity contribution in [2.75, 3.05) is 19.5 Å². The molecule has 3 aromatic rings. The van der Waals surface area contributed by atoms with E-state index in [4.69, 9.17) is 36.9 Å². The highest BCUT2D eigenvalue weighted by Gasteiger charge is 2.24. The van der Waals surface area contributed by atoms with Crippen LogP contribution in [0.5, 0.6) is 17.2 Å². The maximum atomic E-state index is 13.3. The van der Waals surface area contributed by atoms with Crippen LogP contribution in [0.2, 0.25) is 10.0 Å². The van der Waals surface area contributed by atoms with Gasteiger partial charge in [0, 0.05) is 12.6 Å². The molecule has 3 rings (SSSR count). The van der Waals surface area contributed by atoms with E-state index in [1.54, 1.807) is 35.2 Å². The molecule has 0 spiro atoms. The second kappa shape index (κ2) is 12.4. The molecule has 37 heavy (non-hydrogen) atoms. The fourth-order valence-electron chi connectivity index (χ4n) is 3.46. The lowest BCUT2D eigenvalue weighted by molar-refractivity contribution is 0.187. The molecule has 1 atom stereocenters. The van der Waals surface area contributed by atoms with Gasteiger partial charge < -0.3 is 23.9 Å². The number of hydrogen-bond acceptors (Lipinski definition) is 6. The monoisotopic (exact) mass is 566 g/mol. The van der Waals surface area contributed by atoms with Crippen molar-refractivity contribution in [2.45, 2.75) is 37.8 Å². The summed E-state index contributed by atoms with van der Waals surface area (Å²) < 4.78 is 41.9. The van der Waals surface area contributed by atoms with Gasteiger partial charge in [-0.2, -0.15) is 8.42 Å². The van der Waals surface area contributed by atoms with Crippen LogP contribution in [0.3, 0.4) is 0 Å². The third-order valence-electron chi connectivity index (χ3n) is 5.69. The van der Waals surface area contributed by atoms with Gasteiger partial charge in [0.25, 0.3) is 0 Å². The van der Waals surface area contributed by atoms with Gasteiger partial charge in [-0.1, -0.05) is 48.3 Å². The zero-order valence-electron chi connectivity index (χ0n) is 20.8. The minimum Gasteiger partial charge on any atom is -0.495 e. The second-order valence-electron chi connectivity index (χ2n) is 8.11. The van der Waals surface area contributed by atoms with Crippen LogP contribution in [0.25, 0.3) is 0 Å². The molecular formula is C26H28Cl2N2O6S. The third-order valence-corrected chi connectivity index (χ3v) is 7.66. The molecule has 0 radical (unpaired) electrons. The minimum atomic E-state index is -4.25. The smallest absolute Gasteiger partial charge is 0.339 e. The Morgan fingerprint density at radius 2 is 1.65 bits per heavy atom. The molecule has 2 amide bonds. The van der Waals surface area contributed by atoms with Gasteiger partial charge in [0.15, 0.2) is 11.5 Å². The molecule has 0 heterocycles. The van der Waals surface area contributed by atoms with Crippen LogP contribution in [0.1, 0.15) is 25.8 Å². The first kappa shape index (κ1) is 28.4. The molecule has 3 aromatic carbocycles. The van der Waals surface area contributed by atoms with E-state index >= 15 is 0 Å². The highest BCUT2D eigenvalue weighted by Crippen LogP contribution is 2.33. The van der Waals surface area contributed by atoms with Gasteiger partial charge in [0.05, 0.1) is 30.0 Å². The van der Waals surface area contributed by atoms with Crippen LogP contribution in [0, 0.1) is 0 Å². The first-order chi connectivity index (χ1) is 17.6. The van der Waals surface area contributed by atoms with Crippen molar-refractivity contribution in [1.29, 1.82) is 0 Å². The summed E-state index contributed by atoms with van der Waals surface area (Å²) in [5.74, 6) is 0.717. The van der Waals surface area contributed by atoms with Crippen LogP contribution < -0.4 is 19.0 Å². The zero-order chi connectivity index (χ0) is 27.2. The summed E-state index contributed by atoms with van der Waals surface area (Å²) in [7, 11) is -1.31. The molecule has 0 saturated carbocycles. The van der Waals surface area contributed by atoms with Crippen molar-refractivity contribution in [3.8, 4) is 17.2 Å². The molecule has 1 N–H and O–H groups in total. The molecule has 0 aliphatic rings. The van der Waals surface area contributed by atoms with E-state index in [0.717, 1.165) is 0 Å². The summed E-state index contributed by atoms with van der Waals surface area (Å²) in [6.45, 7) is 4.08. The highest BCUT2D eigenvalue weighted by molar-refractivity contribution is 7.87. The minimum absolute atomic E-state index is 0.0275. The van der Waals surface area contributed by atoms with E-state index in [1.807, 2.05) is 19.9 Å². The number of halogens is 2. The Hall–Kier alpha value is -3.14. The molecule has 0 fully saturated rings. The van der Waals surface area contributed by atoms with E-state index in [-0.39, 0.29) is 45.1 Å². The van der Waals surface area contributed by atoms with Gasteiger partial charge in [-0.25, -0.2) is 4.79 Å². The van der Waals surface area contributed by atoms with Gasteiger partial charge in [0.1, 0.15) is 10.6 Å². The number of ether oxygens (including phenoxy) is 2. The highest BCUT2D eigenvalue weighted by atomic mass is 35.5. The molecule has 0 unspecified atom stereocenters. The normalized spacial score (nSPS) is 11.9. The number of urea groups is 1. The third kappa shape index (κ3) is 7.00. The Morgan fingerprint density at radius 3 is 2.30 bits per heavy atom. The van der Waals surface area contributed by atoms with E-state index in [9.17, 15) is 13.2 Å². The molecule has 11 heteroatoms. The zero-order valence-corrected chi connectivity index (χ0v) is 23.2. The van der Waals surface area contributed by atoms with Crippen molar-refractivity contribution in [3.63, 3.8) is 0 Å². The number of carbonyl (C=O) groups is 1. The lowest BCUT2D eigenvalue weighted by Gasteiger charge is -2.29. The summed E-state index contributed by atoms with van der Waals surface area (Å²) in [5.41, 5.74) is 1.17. The molecule has 8 nitrogen and oxygen atoms in total. The SMILES string of the molecule is CC[C@H](C)N(Cc1ccc(OC)c(OS(=O)(=O)c2ccc(Cl)c(Cl)c2)c1)C(=O)Nc1ccccc1OC. The van der Waals surface area contributed by atoms with E-state index in [2.05, 4.69) is 5.32 Å². The Kier molecular flexibility index (Phi) is 9.53. The van der Waals surface area contributed by atoms with E-state index in [1.165, 1.54) is 38.5 Å². The van der Waals surface area contributed by atoms with Gasteiger partial charge >= 0.3 is 16.1 Å². The van der Waals surface area contributed by atoms with E-state index in [0.29, 0.717) is 23.4 Å². The van der Waals surface area contributed by atoms with Crippen molar-refractivity contribution in [2.24, 2.45) is 0 Å². The molecule has 0 aliphatic heterocycles. The molecule has 0 saturated heterocycles. The van der Waals surface area contributed by atoms with Crippen LogP contribution in [0.4, 0.5) is 10.5 Å². The quantitative estimate of drug-likeness (QED) is 0.277. The van der Waals surface area contributed by atoms with Crippen molar-refractivity contribution in [1.82, 2.24) is 4.90 Å². The Balaban J connectivity index is 1.89. The second-order valence-corrected chi connectivity index (χ2v) is 10.5. The number of carbonyl (C=O) groups excluding carboxylic acids is 1.